The van der Waals surface area contributed by atoms with Crippen molar-refractivity contribution in [1.82, 2.24) is 5.32 Å². The third-order valence-corrected chi connectivity index (χ3v) is 5.53. The summed E-state index contributed by atoms with van der Waals surface area (Å²) < 4.78 is 0. The molecule has 2 aliphatic rings. The lowest BCUT2D eigenvalue weighted by atomic mass is 9.75. The molecule has 1 fully saturated rings. The van der Waals surface area contributed by atoms with Crippen molar-refractivity contribution in [3.63, 3.8) is 0 Å². The van der Waals surface area contributed by atoms with Gasteiger partial charge in [0.05, 0.1) is 0 Å². The molecule has 0 aliphatic carbocycles. The molecule has 1 spiro atoms. The van der Waals surface area contributed by atoms with Gasteiger partial charge in [0, 0.05) is 23.3 Å². The van der Waals surface area contributed by atoms with Gasteiger partial charge in [0.15, 0.2) is 0 Å². The minimum Gasteiger partial charge on any atom is -0.316 e. The van der Waals surface area contributed by atoms with Gasteiger partial charge >= 0.3 is 0 Å². The predicted octanol–water partition coefficient (Wildman–Crippen LogP) is 2.94. The lowest BCUT2D eigenvalue weighted by Crippen LogP contribution is -2.29. The first-order valence-corrected chi connectivity index (χ1v) is 8.15. The number of ketones is 1. The number of fused-ring (bicyclic) bond motifs is 2. The Morgan fingerprint density at radius 1 is 1.42 bits per heavy atom. The number of benzene rings is 1. The van der Waals surface area contributed by atoms with E-state index in [9.17, 15) is 4.79 Å². The SMILES string of the molecule is CC(=O)Cc1ccc2c(c1)C1(CCCS2)CCNC1. The first-order valence-electron chi connectivity index (χ1n) is 7.16. The van der Waals surface area contributed by atoms with Crippen molar-refractivity contribution in [1.29, 1.82) is 0 Å². The average molecular weight is 275 g/mol. The van der Waals surface area contributed by atoms with Gasteiger partial charge in [0.2, 0.25) is 0 Å². The number of carbonyl (C=O) groups excluding carboxylic acids is 1. The summed E-state index contributed by atoms with van der Waals surface area (Å²) in [5.41, 5.74) is 3.00. The highest BCUT2D eigenvalue weighted by Gasteiger charge is 2.38. The molecule has 0 saturated carbocycles. The van der Waals surface area contributed by atoms with Crippen LogP contribution in [0.15, 0.2) is 23.1 Å². The smallest absolute Gasteiger partial charge is 0.134 e. The molecule has 1 atom stereocenters. The third-order valence-electron chi connectivity index (χ3n) is 4.37. The predicted molar refractivity (Wildman–Crippen MR) is 79.9 cm³/mol. The summed E-state index contributed by atoms with van der Waals surface area (Å²) in [7, 11) is 0. The molecule has 2 aliphatic heterocycles. The van der Waals surface area contributed by atoms with E-state index in [1.807, 2.05) is 11.8 Å². The summed E-state index contributed by atoms with van der Waals surface area (Å²) in [5, 5.41) is 3.54. The van der Waals surface area contributed by atoms with E-state index in [-0.39, 0.29) is 5.78 Å². The van der Waals surface area contributed by atoms with Crippen molar-refractivity contribution in [3.8, 4) is 0 Å². The van der Waals surface area contributed by atoms with Gasteiger partial charge in [-0.3, -0.25) is 4.79 Å². The van der Waals surface area contributed by atoms with Gasteiger partial charge in [-0.25, -0.2) is 0 Å². The highest BCUT2D eigenvalue weighted by Crippen LogP contribution is 2.44. The zero-order valence-electron chi connectivity index (χ0n) is 11.5. The molecule has 1 N–H and O–H groups in total. The van der Waals surface area contributed by atoms with Crippen molar-refractivity contribution in [2.75, 3.05) is 18.8 Å². The summed E-state index contributed by atoms with van der Waals surface area (Å²) in [5.74, 6) is 1.47. The van der Waals surface area contributed by atoms with Crippen LogP contribution in [-0.4, -0.2) is 24.6 Å². The minimum atomic E-state index is 0.250. The lowest BCUT2D eigenvalue weighted by Gasteiger charge is -2.29. The van der Waals surface area contributed by atoms with Gasteiger partial charge in [-0.15, -0.1) is 11.8 Å². The van der Waals surface area contributed by atoms with E-state index >= 15 is 0 Å². The molecule has 3 heteroatoms. The minimum absolute atomic E-state index is 0.250. The Hall–Kier alpha value is -0.800. The Bertz CT molecular complexity index is 492. The molecule has 1 aromatic carbocycles. The van der Waals surface area contributed by atoms with Gasteiger partial charge in [-0.05, 0) is 55.7 Å². The molecular formula is C16H21NOS. The third kappa shape index (κ3) is 2.59. The molecule has 1 unspecified atom stereocenters. The summed E-state index contributed by atoms with van der Waals surface area (Å²) in [6.45, 7) is 3.90. The van der Waals surface area contributed by atoms with Crippen LogP contribution in [-0.2, 0) is 16.6 Å². The van der Waals surface area contributed by atoms with Crippen LogP contribution in [0.5, 0.6) is 0 Å². The van der Waals surface area contributed by atoms with Crippen LogP contribution in [0.25, 0.3) is 0 Å². The Kier molecular flexibility index (Phi) is 3.68. The number of thioether (sulfide) groups is 1. The van der Waals surface area contributed by atoms with E-state index in [2.05, 4.69) is 23.5 Å². The van der Waals surface area contributed by atoms with E-state index < -0.39 is 0 Å². The maximum absolute atomic E-state index is 11.3. The zero-order valence-corrected chi connectivity index (χ0v) is 12.3. The second-order valence-electron chi connectivity index (χ2n) is 5.87. The van der Waals surface area contributed by atoms with Crippen LogP contribution in [0, 0.1) is 0 Å². The number of hydrogen-bond donors (Lipinski definition) is 1. The van der Waals surface area contributed by atoms with E-state index in [1.165, 1.54) is 41.0 Å². The highest BCUT2D eigenvalue weighted by atomic mass is 32.2. The molecule has 2 heterocycles. The van der Waals surface area contributed by atoms with Crippen molar-refractivity contribution in [2.45, 2.75) is 42.9 Å². The summed E-state index contributed by atoms with van der Waals surface area (Å²) in [6, 6.07) is 6.68. The quantitative estimate of drug-likeness (QED) is 0.900. The molecule has 0 aromatic heterocycles. The van der Waals surface area contributed by atoms with Crippen LogP contribution in [0.3, 0.4) is 0 Å². The summed E-state index contributed by atoms with van der Waals surface area (Å²) in [4.78, 5) is 12.8. The number of carbonyl (C=O) groups is 1. The van der Waals surface area contributed by atoms with E-state index in [4.69, 9.17) is 0 Å². The molecule has 0 radical (unpaired) electrons. The second kappa shape index (κ2) is 5.29. The Morgan fingerprint density at radius 3 is 3.05 bits per heavy atom. The summed E-state index contributed by atoms with van der Waals surface area (Å²) >= 11 is 1.99. The van der Waals surface area contributed by atoms with E-state index in [0.717, 1.165) is 13.1 Å². The van der Waals surface area contributed by atoms with Crippen LogP contribution < -0.4 is 5.32 Å². The molecular weight excluding hydrogens is 254 g/mol. The largest absolute Gasteiger partial charge is 0.316 e. The Balaban J connectivity index is 2.02. The first kappa shape index (κ1) is 13.2. The molecule has 19 heavy (non-hydrogen) atoms. The number of hydrogen-bond acceptors (Lipinski definition) is 3. The number of Topliss-reactive ketones (excluding diaryl/α,β-unsaturated/α-hetero) is 1. The van der Waals surface area contributed by atoms with E-state index in [1.54, 1.807) is 6.92 Å². The number of nitrogens with one attached hydrogen (secondary N) is 1. The molecule has 102 valence electrons. The van der Waals surface area contributed by atoms with Gasteiger partial charge in [-0.2, -0.15) is 0 Å². The first-order chi connectivity index (χ1) is 9.20. The fourth-order valence-electron chi connectivity index (χ4n) is 3.43. The fraction of sp³-hybridized carbons (Fsp3) is 0.562. The standard InChI is InChI=1S/C16H21NOS/c1-12(18)9-13-3-4-15-14(10-13)16(5-2-8-19-15)6-7-17-11-16/h3-4,10,17H,2,5-9,11H2,1H3. The van der Waals surface area contributed by atoms with Crippen molar-refractivity contribution in [2.24, 2.45) is 0 Å². The van der Waals surface area contributed by atoms with Gasteiger partial charge in [-0.1, -0.05) is 12.1 Å². The summed E-state index contributed by atoms with van der Waals surface area (Å²) in [6.07, 6.45) is 4.39. The fourth-order valence-corrected chi connectivity index (χ4v) is 4.53. The molecule has 1 saturated heterocycles. The van der Waals surface area contributed by atoms with Gasteiger partial charge < -0.3 is 5.32 Å². The molecule has 1 aromatic rings. The monoisotopic (exact) mass is 275 g/mol. The maximum Gasteiger partial charge on any atom is 0.134 e. The highest BCUT2D eigenvalue weighted by molar-refractivity contribution is 7.99. The van der Waals surface area contributed by atoms with Gasteiger partial charge in [0.1, 0.15) is 5.78 Å². The Morgan fingerprint density at radius 2 is 2.32 bits per heavy atom. The topological polar surface area (TPSA) is 29.1 Å². The molecule has 3 rings (SSSR count). The zero-order chi connectivity index (χ0) is 13.3. The van der Waals surface area contributed by atoms with Crippen molar-refractivity contribution >= 4 is 17.5 Å². The average Bonchev–Trinajstić information content (AvgIpc) is 2.77. The van der Waals surface area contributed by atoms with Gasteiger partial charge in [0.25, 0.3) is 0 Å². The van der Waals surface area contributed by atoms with Crippen LogP contribution in [0.1, 0.15) is 37.3 Å². The van der Waals surface area contributed by atoms with Crippen molar-refractivity contribution < 1.29 is 4.79 Å². The normalized spacial score (nSPS) is 26.2. The van der Waals surface area contributed by atoms with Crippen LogP contribution in [0.4, 0.5) is 0 Å². The maximum atomic E-state index is 11.3. The van der Waals surface area contributed by atoms with Crippen LogP contribution in [0.2, 0.25) is 0 Å². The second-order valence-corrected chi connectivity index (χ2v) is 7.01. The Labute approximate surface area is 119 Å². The van der Waals surface area contributed by atoms with Crippen LogP contribution >= 0.6 is 11.8 Å². The van der Waals surface area contributed by atoms with E-state index in [0.29, 0.717) is 11.8 Å². The lowest BCUT2D eigenvalue weighted by molar-refractivity contribution is -0.116. The molecule has 0 bridgehead atoms. The molecule has 0 amide bonds. The van der Waals surface area contributed by atoms with Crippen molar-refractivity contribution in [3.05, 3.63) is 29.3 Å². The number of rotatable bonds is 2. The molecule has 2 nitrogen and oxygen atoms in total.